The lowest BCUT2D eigenvalue weighted by Gasteiger charge is -2.17. The van der Waals surface area contributed by atoms with Crippen LogP contribution in [0.25, 0.3) is 0 Å². The largest absolute Gasteiger partial charge is 0.396 e. The molecule has 4 N–H and O–H groups in total. The molecule has 0 aliphatic carbocycles. The number of aryl methyl sites for hydroxylation is 2. The molecule has 0 aliphatic heterocycles. The summed E-state index contributed by atoms with van der Waals surface area (Å²) in [5, 5.41) is 17.0. The van der Waals surface area contributed by atoms with Crippen molar-refractivity contribution >= 4 is 11.5 Å². The number of rotatable bonds is 9. The van der Waals surface area contributed by atoms with Gasteiger partial charge < -0.3 is 16.2 Å². The van der Waals surface area contributed by atoms with Crippen LogP contribution < -0.4 is 11.1 Å². The number of nitrogens with one attached hydrogen (secondary N) is 1. The van der Waals surface area contributed by atoms with Gasteiger partial charge >= 0.3 is 0 Å². The summed E-state index contributed by atoms with van der Waals surface area (Å²) in [6.45, 7) is 8.19. The van der Waals surface area contributed by atoms with Crippen molar-refractivity contribution in [1.29, 1.82) is 0 Å². The number of nitrogens with zero attached hydrogens (tertiary/aromatic N) is 2. The third-order valence-electron chi connectivity index (χ3n) is 3.40. The average molecular weight is 268 g/mol. The fraction of sp³-hybridized carbons (Fsp3) is 0.786. The molecule has 1 aromatic heterocycles. The van der Waals surface area contributed by atoms with E-state index in [4.69, 9.17) is 10.8 Å². The molecule has 110 valence electrons. The first-order valence-corrected chi connectivity index (χ1v) is 7.31. The maximum absolute atomic E-state index is 9.09. The monoisotopic (exact) mass is 268 g/mol. The predicted octanol–water partition coefficient (Wildman–Crippen LogP) is 2.39. The molecular formula is C14H28N4O. The summed E-state index contributed by atoms with van der Waals surface area (Å²) in [5.41, 5.74) is 7.70. The molecule has 1 aromatic rings. The van der Waals surface area contributed by atoms with Crippen molar-refractivity contribution in [2.24, 2.45) is 5.92 Å². The molecule has 1 unspecified atom stereocenters. The number of aromatic nitrogens is 2. The zero-order valence-corrected chi connectivity index (χ0v) is 12.4. The Bertz CT molecular complexity index is 370. The van der Waals surface area contributed by atoms with E-state index in [-0.39, 0.29) is 6.61 Å². The van der Waals surface area contributed by atoms with Gasteiger partial charge in [0, 0.05) is 19.7 Å². The summed E-state index contributed by atoms with van der Waals surface area (Å²) in [7, 11) is 0. The molecule has 0 aromatic carbocycles. The van der Waals surface area contributed by atoms with Gasteiger partial charge in [0.05, 0.1) is 11.4 Å². The summed E-state index contributed by atoms with van der Waals surface area (Å²) in [5.74, 6) is 1.41. The van der Waals surface area contributed by atoms with Crippen LogP contribution in [0.5, 0.6) is 0 Å². The first-order valence-electron chi connectivity index (χ1n) is 7.31. The molecule has 19 heavy (non-hydrogen) atoms. The second kappa shape index (κ2) is 8.04. The van der Waals surface area contributed by atoms with Crippen molar-refractivity contribution in [3.8, 4) is 0 Å². The molecule has 0 amide bonds. The molecule has 5 heteroatoms. The minimum Gasteiger partial charge on any atom is -0.396 e. The van der Waals surface area contributed by atoms with Crippen molar-refractivity contribution in [3.63, 3.8) is 0 Å². The van der Waals surface area contributed by atoms with Crippen molar-refractivity contribution in [2.45, 2.75) is 53.0 Å². The predicted molar refractivity (Wildman–Crippen MR) is 80.3 cm³/mol. The minimum atomic E-state index is 0.245. The van der Waals surface area contributed by atoms with Crippen LogP contribution in [0.2, 0.25) is 0 Å². The first-order chi connectivity index (χ1) is 9.13. The molecule has 1 heterocycles. The molecule has 0 saturated heterocycles. The van der Waals surface area contributed by atoms with E-state index in [1.807, 2.05) is 11.6 Å². The lowest BCUT2D eigenvalue weighted by molar-refractivity contribution is 0.255. The quantitative estimate of drug-likeness (QED) is 0.643. The van der Waals surface area contributed by atoms with Gasteiger partial charge in [-0.05, 0) is 32.1 Å². The van der Waals surface area contributed by atoms with Crippen LogP contribution >= 0.6 is 0 Å². The van der Waals surface area contributed by atoms with Gasteiger partial charge in [0.15, 0.2) is 0 Å². The lowest BCUT2D eigenvalue weighted by atomic mass is 10.0. The molecule has 5 nitrogen and oxygen atoms in total. The Kier molecular flexibility index (Phi) is 6.70. The summed E-state index contributed by atoms with van der Waals surface area (Å²) in [6.07, 6.45) is 4.12. The van der Waals surface area contributed by atoms with Gasteiger partial charge in [-0.25, -0.2) is 4.68 Å². The van der Waals surface area contributed by atoms with Crippen molar-refractivity contribution in [2.75, 3.05) is 24.2 Å². The number of aliphatic hydroxyl groups is 1. The molecule has 0 saturated carbocycles. The molecule has 0 radical (unpaired) electrons. The SMILES string of the molecule is CCCC(CCO)CNc1c(N)c(C)nn1CCC. The van der Waals surface area contributed by atoms with E-state index in [2.05, 4.69) is 24.3 Å². The number of hydrogen-bond acceptors (Lipinski definition) is 4. The minimum absolute atomic E-state index is 0.245. The lowest BCUT2D eigenvalue weighted by Crippen LogP contribution is -2.18. The standard InChI is InChI=1S/C14H28N4O/c1-4-6-12(7-9-19)10-16-14-13(15)11(3)17-18(14)8-5-2/h12,16,19H,4-10,15H2,1-3H3. The van der Waals surface area contributed by atoms with Gasteiger partial charge in [0.1, 0.15) is 5.82 Å². The Hall–Kier alpha value is -1.23. The van der Waals surface area contributed by atoms with Gasteiger partial charge in [-0.2, -0.15) is 5.10 Å². The molecule has 0 spiro atoms. The summed E-state index contributed by atoms with van der Waals surface area (Å²) in [4.78, 5) is 0. The molecular weight excluding hydrogens is 240 g/mol. The van der Waals surface area contributed by atoms with E-state index in [1.54, 1.807) is 0 Å². The highest BCUT2D eigenvalue weighted by Crippen LogP contribution is 2.23. The van der Waals surface area contributed by atoms with Crippen LogP contribution in [-0.4, -0.2) is 28.0 Å². The van der Waals surface area contributed by atoms with Crippen LogP contribution in [0.4, 0.5) is 11.5 Å². The second-order valence-corrected chi connectivity index (χ2v) is 5.12. The van der Waals surface area contributed by atoms with E-state index in [9.17, 15) is 0 Å². The van der Waals surface area contributed by atoms with E-state index in [1.165, 1.54) is 0 Å². The number of aliphatic hydroxyl groups excluding tert-OH is 1. The first kappa shape index (κ1) is 15.8. The number of anilines is 2. The zero-order valence-electron chi connectivity index (χ0n) is 12.4. The Morgan fingerprint density at radius 3 is 2.63 bits per heavy atom. The van der Waals surface area contributed by atoms with Crippen LogP contribution in [0.15, 0.2) is 0 Å². The van der Waals surface area contributed by atoms with Gasteiger partial charge in [-0.1, -0.05) is 20.3 Å². The van der Waals surface area contributed by atoms with Gasteiger partial charge in [-0.15, -0.1) is 0 Å². The Balaban J connectivity index is 2.69. The highest BCUT2D eigenvalue weighted by atomic mass is 16.3. The fourth-order valence-electron chi connectivity index (χ4n) is 2.34. The van der Waals surface area contributed by atoms with Gasteiger partial charge in [-0.3, -0.25) is 0 Å². The highest BCUT2D eigenvalue weighted by Gasteiger charge is 2.14. The molecule has 1 atom stereocenters. The van der Waals surface area contributed by atoms with Crippen LogP contribution in [0.1, 0.15) is 45.2 Å². The molecule has 1 rings (SSSR count). The van der Waals surface area contributed by atoms with E-state index >= 15 is 0 Å². The van der Waals surface area contributed by atoms with Crippen molar-refractivity contribution in [1.82, 2.24) is 9.78 Å². The Morgan fingerprint density at radius 2 is 2.05 bits per heavy atom. The summed E-state index contributed by atoms with van der Waals surface area (Å²) in [6, 6.07) is 0. The number of nitrogens with two attached hydrogens (primary N) is 1. The molecule has 0 bridgehead atoms. The smallest absolute Gasteiger partial charge is 0.148 e. The third kappa shape index (κ3) is 4.42. The maximum Gasteiger partial charge on any atom is 0.148 e. The van der Waals surface area contributed by atoms with Crippen LogP contribution in [0.3, 0.4) is 0 Å². The maximum atomic E-state index is 9.09. The Labute approximate surface area is 116 Å². The summed E-state index contributed by atoms with van der Waals surface area (Å²) < 4.78 is 1.95. The normalized spacial score (nSPS) is 12.6. The molecule has 0 aliphatic rings. The van der Waals surface area contributed by atoms with Crippen LogP contribution in [-0.2, 0) is 6.54 Å². The second-order valence-electron chi connectivity index (χ2n) is 5.12. The number of hydrogen-bond donors (Lipinski definition) is 3. The van der Waals surface area contributed by atoms with Gasteiger partial charge in [0.2, 0.25) is 0 Å². The average Bonchev–Trinajstić information content (AvgIpc) is 2.64. The number of nitrogen functional groups attached to an aromatic ring is 1. The third-order valence-corrected chi connectivity index (χ3v) is 3.40. The highest BCUT2D eigenvalue weighted by molar-refractivity contribution is 5.64. The van der Waals surface area contributed by atoms with Crippen molar-refractivity contribution < 1.29 is 5.11 Å². The fourth-order valence-corrected chi connectivity index (χ4v) is 2.34. The summed E-state index contributed by atoms with van der Waals surface area (Å²) >= 11 is 0. The van der Waals surface area contributed by atoms with E-state index in [0.717, 1.165) is 56.0 Å². The van der Waals surface area contributed by atoms with Crippen LogP contribution in [0, 0.1) is 12.8 Å². The topological polar surface area (TPSA) is 76.1 Å². The zero-order chi connectivity index (χ0) is 14.3. The van der Waals surface area contributed by atoms with Gasteiger partial charge in [0.25, 0.3) is 0 Å². The Morgan fingerprint density at radius 1 is 1.32 bits per heavy atom. The van der Waals surface area contributed by atoms with E-state index in [0.29, 0.717) is 5.92 Å². The molecule has 0 fully saturated rings. The van der Waals surface area contributed by atoms with E-state index < -0.39 is 0 Å². The van der Waals surface area contributed by atoms with Crippen molar-refractivity contribution in [3.05, 3.63) is 5.69 Å².